The molecule has 8 heteroatoms. The Kier molecular flexibility index (Phi) is 8.46. The summed E-state index contributed by atoms with van der Waals surface area (Å²) in [6.07, 6.45) is -0.191. The average molecular weight is 529 g/mol. The van der Waals surface area contributed by atoms with Crippen LogP contribution in [0.3, 0.4) is 0 Å². The smallest absolute Gasteiger partial charge is 0.319 e. The minimum atomic E-state index is -0.365. The highest BCUT2D eigenvalue weighted by atomic mass is 19.1. The van der Waals surface area contributed by atoms with Crippen LogP contribution in [0.15, 0.2) is 78.9 Å². The number of benzene rings is 3. The van der Waals surface area contributed by atoms with Crippen LogP contribution in [-0.2, 0) is 16.1 Å². The number of fused-ring (bicyclic) bond motifs is 1. The fourth-order valence-electron chi connectivity index (χ4n) is 5.03. The molecule has 0 saturated carbocycles. The zero-order valence-corrected chi connectivity index (χ0v) is 22.2. The molecule has 3 aromatic carbocycles. The molecule has 2 N–H and O–H groups in total. The molecule has 4 aromatic rings. The fourth-order valence-corrected chi connectivity index (χ4v) is 5.03. The predicted octanol–water partition coefficient (Wildman–Crippen LogP) is 5.39. The molecule has 1 aliphatic rings. The van der Waals surface area contributed by atoms with E-state index in [1.54, 1.807) is 13.2 Å². The van der Waals surface area contributed by atoms with Gasteiger partial charge in [0.1, 0.15) is 5.82 Å². The second-order valence-electron chi connectivity index (χ2n) is 9.77. The second-order valence-corrected chi connectivity index (χ2v) is 9.77. The van der Waals surface area contributed by atoms with Crippen molar-refractivity contribution in [2.24, 2.45) is 0 Å². The number of rotatable bonds is 9. The van der Waals surface area contributed by atoms with E-state index in [4.69, 9.17) is 14.5 Å². The summed E-state index contributed by atoms with van der Waals surface area (Å²) in [5, 5.41) is 7.55. The number of hydrogen-bond acceptors (Lipinski definition) is 5. The Labute approximate surface area is 228 Å². The molecule has 0 radical (unpaired) electrons. The van der Waals surface area contributed by atoms with Crippen LogP contribution in [0.2, 0.25) is 0 Å². The predicted molar refractivity (Wildman–Crippen MR) is 151 cm³/mol. The van der Waals surface area contributed by atoms with Crippen LogP contribution in [0, 0.1) is 12.7 Å². The van der Waals surface area contributed by atoms with E-state index in [0.29, 0.717) is 48.8 Å². The minimum absolute atomic E-state index is 0.191. The van der Waals surface area contributed by atoms with E-state index >= 15 is 0 Å². The highest BCUT2D eigenvalue weighted by Gasteiger charge is 2.34. The maximum Gasteiger partial charge on any atom is 0.319 e. The van der Waals surface area contributed by atoms with Crippen LogP contribution in [-0.4, -0.2) is 61.4 Å². The summed E-state index contributed by atoms with van der Waals surface area (Å²) in [4.78, 5) is 20.5. The number of amides is 2. The summed E-state index contributed by atoms with van der Waals surface area (Å²) >= 11 is 0. The third-order valence-electron chi connectivity index (χ3n) is 7.02. The number of methoxy groups -OCH3 is 1. The molecule has 7 nitrogen and oxygen atoms in total. The molecule has 5 rings (SSSR count). The van der Waals surface area contributed by atoms with E-state index in [1.807, 2.05) is 67.6 Å². The Hall–Kier alpha value is -3.85. The van der Waals surface area contributed by atoms with E-state index in [0.717, 1.165) is 23.1 Å². The number of likely N-dealkylation sites (tertiary alicyclic amines) is 1. The lowest BCUT2D eigenvalue weighted by atomic mass is 10.0. The van der Waals surface area contributed by atoms with E-state index < -0.39 is 0 Å². The number of aromatic nitrogens is 1. The van der Waals surface area contributed by atoms with Gasteiger partial charge in [0.15, 0.2) is 0 Å². The van der Waals surface area contributed by atoms with Crippen LogP contribution in [0.1, 0.15) is 11.3 Å². The summed E-state index contributed by atoms with van der Waals surface area (Å²) in [5.41, 5.74) is 3.79. The van der Waals surface area contributed by atoms with Crippen molar-refractivity contribution in [2.75, 3.05) is 38.7 Å². The number of nitrogens with zero attached hydrogens (tertiary/aromatic N) is 2. The summed E-state index contributed by atoms with van der Waals surface area (Å²) in [6.45, 7) is 4.98. The van der Waals surface area contributed by atoms with Crippen molar-refractivity contribution < 1.29 is 18.7 Å². The zero-order chi connectivity index (χ0) is 27.2. The first-order valence-corrected chi connectivity index (χ1v) is 13.1. The van der Waals surface area contributed by atoms with E-state index in [1.165, 1.54) is 12.1 Å². The van der Waals surface area contributed by atoms with Gasteiger partial charge >= 0.3 is 6.03 Å². The Balaban J connectivity index is 1.39. The number of ether oxygens (including phenoxy) is 2. The Morgan fingerprint density at radius 3 is 2.51 bits per heavy atom. The number of carbonyl (C=O) groups excluding carboxylic acids is 1. The van der Waals surface area contributed by atoms with Crippen molar-refractivity contribution in [1.82, 2.24) is 15.2 Å². The maximum atomic E-state index is 14.1. The average Bonchev–Trinajstić information content (AvgIpc) is 3.34. The number of aryl methyl sites for hydroxylation is 1. The fraction of sp³-hybridized carbons (Fsp3) is 0.290. The number of nitrogens with one attached hydrogen (secondary N) is 2. The molecular formula is C31H33FN4O3. The molecule has 39 heavy (non-hydrogen) atoms. The van der Waals surface area contributed by atoms with Gasteiger partial charge in [-0.05, 0) is 30.7 Å². The van der Waals surface area contributed by atoms with Crippen molar-refractivity contribution >= 4 is 22.5 Å². The minimum Gasteiger partial charge on any atom is -0.383 e. The van der Waals surface area contributed by atoms with Gasteiger partial charge in [-0.15, -0.1) is 0 Å². The quantitative estimate of drug-likeness (QED) is 0.305. The number of halogens is 1. The molecule has 1 fully saturated rings. The van der Waals surface area contributed by atoms with Crippen molar-refractivity contribution in [3.8, 4) is 11.3 Å². The number of anilines is 1. The third-order valence-corrected chi connectivity index (χ3v) is 7.02. The van der Waals surface area contributed by atoms with Gasteiger partial charge < -0.3 is 20.1 Å². The van der Waals surface area contributed by atoms with Gasteiger partial charge in [0, 0.05) is 48.8 Å². The maximum absolute atomic E-state index is 14.1. The zero-order valence-electron chi connectivity index (χ0n) is 22.2. The van der Waals surface area contributed by atoms with Crippen LogP contribution in [0.4, 0.5) is 14.9 Å². The first kappa shape index (κ1) is 26.7. The lowest BCUT2D eigenvalue weighted by Gasteiger charge is -2.22. The summed E-state index contributed by atoms with van der Waals surface area (Å²) in [5.74, 6) is -0.351. The van der Waals surface area contributed by atoms with E-state index in [9.17, 15) is 9.18 Å². The van der Waals surface area contributed by atoms with Gasteiger partial charge in [-0.3, -0.25) is 9.88 Å². The number of urea groups is 1. The molecule has 0 bridgehead atoms. The van der Waals surface area contributed by atoms with Gasteiger partial charge in [0.2, 0.25) is 0 Å². The monoisotopic (exact) mass is 528 g/mol. The Morgan fingerprint density at radius 1 is 1.03 bits per heavy atom. The Morgan fingerprint density at radius 2 is 1.77 bits per heavy atom. The van der Waals surface area contributed by atoms with Gasteiger partial charge in [-0.25, -0.2) is 9.18 Å². The summed E-state index contributed by atoms with van der Waals surface area (Å²) in [7, 11) is 1.68. The van der Waals surface area contributed by atoms with Gasteiger partial charge in [-0.1, -0.05) is 60.7 Å². The molecule has 1 saturated heterocycles. The van der Waals surface area contributed by atoms with Crippen molar-refractivity contribution in [1.29, 1.82) is 0 Å². The van der Waals surface area contributed by atoms with Crippen molar-refractivity contribution in [2.45, 2.75) is 25.7 Å². The molecule has 0 aliphatic carbocycles. The molecule has 1 aromatic heterocycles. The number of hydrogen-bond donors (Lipinski definition) is 2. The normalized spacial score (nSPS) is 17.4. The first-order valence-electron chi connectivity index (χ1n) is 13.1. The third kappa shape index (κ3) is 6.42. The van der Waals surface area contributed by atoms with Crippen LogP contribution < -0.4 is 10.6 Å². The SMILES string of the molecule is COCCN1CC(NC(=O)Nc2c(-c3ccccc3)nc(C)c3cc(F)ccc23)C(OCc2ccccc2)C1. The topological polar surface area (TPSA) is 75.7 Å². The lowest BCUT2D eigenvalue weighted by molar-refractivity contribution is 0.0330. The van der Waals surface area contributed by atoms with Crippen molar-refractivity contribution in [3.63, 3.8) is 0 Å². The molecule has 1 aliphatic heterocycles. The van der Waals surface area contributed by atoms with Crippen LogP contribution in [0.5, 0.6) is 0 Å². The molecule has 2 unspecified atom stereocenters. The highest BCUT2D eigenvalue weighted by Crippen LogP contribution is 2.35. The number of pyridine rings is 1. The van der Waals surface area contributed by atoms with E-state index in [2.05, 4.69) is 15.5 Å². The van der Waals surface area contributed by atoms with Crippen LogP contribution in [0.25, 0.3) is 22.0 Å². The molecule has 2 atom stereocenters. The van der Waals surface area contributed by atoms with Gasteiger partial charge in [-0.2, -0.15) is 0 Å². The van der Waals surface area contributed by atoms with Crippen LogP contribution >= 0.6 is 0 Å². The van der Waals surface area contributed by atoms with E-state index in [-0.39, 0.29) is 24.0 Å². The summed E-state index contributed by atoms with van der Waals surface area (Å²) in [6, 6.07) is 23.6. The van der Waals surface area contributed by atoms with Gasteiger partial charge in [0.05, 0.1) is 36.7 Å². The second kappa shape index (κ2) is 12.3. The summed E-state index contributed by atoms with van der Waals surface area (Å²) < 4.78 is 25.7. The first-order chi connectivity index (χ1) is 19.0. The standard InChI is InChI=1S/C31H33FN4O3/c1-21-26-17-24(32)13-14-25(26)30(29(33-21)23-11-7-4-8-12-23)35-31(37)34-27-18-36(15-16-38-2)19-28(27)39-20-22-9-5-3-6-10-22/h3-14,17,27-28H,15-16,18-20H2,1-2H3,(H2,34,35,37). The van der Waals surface area contributed by atoms with Crippen molar-refractivity contribution in [3.05, 3.63) is 95.9 Å². The lowest BCUT2D eigenvalue weighted by Crippen LogP contribution is -2.45. The molecule has 2 heterocycles. The largest absolute Gasteiger partial charge is 0.383 e. The molecule has 0 spiro atoms. The highest BCUT2D eigenvalue weighted by molar-refractivity contribution is 6.07. The Bertz CT molecular complexity index is 1420. The number of carbonyl (C=O) groups is 1. The van der Waals surface area contributed by atoms with Gasteiger partial charge in [0.25, 0.3) is 0 Å². The molecule has 202 valence electrons. The molecular weight excluding hydrogens is 495 g/mol. The molecule has 2 amide bonds.